The van der Waals surface area contributed by atoms with Crippen LogP contribution in [0, 0.1) is 11.7 Å². The Morgan fingerprint density at radius 1 is 1.11 bits per heavy atom. The van der Waals surface area contributed by atoms with E-state index in [1.165, 1.54) is 12.1 Å². The van der Waals surface area contributed by atoms with Crippen LogP contribution in [-0.2, 0) is 0 Å². The van der Waals surface area contributed by atoms with Gasteiger partial charge in [0, 0.05) is 31.4 Å². The molecule has 2 heterocycles. The molecule has 1 atom stereocenters. The SMILES string of the molecule is O=C(c1ccccn1)N1CCN(C(=O)c2ccc(Cl)c(F)c2)C(C2CC2)C1. The molecule has 1 unspecified atom stereocenters. The van der Waals surface area contributed by atoms with Crippen molar-refractivity contribution in [2.75, 3.05) is 19.6 Å². The van der Waals surface area contributed by atoms with E-state index in [2.05, 4.69) is 4.98 Å². The fourth-order valence-corrected chi connectivity index (χ4v) is 3.69. The summed E-state index contributed by atoms with van der Waals surface area (Å²) >= 11 is 5.72. The molecule has 4 rings (SSSR count). The lowest BCUT2D eigenvalue weighted by atomic mass is 10.0. The van der Waals surface area contributed by atoms with Gasteiger partial charge in [-0.05, 0) is 49.1 Å². The summed E-state index contributed by atoms with van der Waals surface area (Å²) in [5, 5.41) is -0.00364. The molecule has 2 amide bonds. The molecule has 5 nitrogen and oxygen atoms in total. The molecule has 2 fully saturated rings. The monoisotopic (exact) mass is 387 g/mol. The molecule has 140 valence electrons. The molecule has 1 aromatic heterocycles. The molecule has 0 N–H and O–H groups in total. The quantitative estimate of drug-likeness (QED) is 0.812. The van der Waals surface area contributed by atoms with E-state index in [1.807, 2.05) is 0 Å². The largest absolute Gasteiger partial charge is 0.333 e. The minimum absolute atomic E-state index is 0.00364. The molecule has 1 aliphatic carbocycles. The fraction of sp³-hybridized carbons (Fsp3) is 0.350. The third kappa shape index (κ3) is 3.67. The second kappa shape index (κ2) is 7.27. The second-order valence-electron chi connectivity index (χ2n) is 7.00. The van der Waals surface area contributed by atoms with Crippen LogP contribution in [0.4, 0.5) is 4.39 Å². The van der Waals surface area contributed by atoms with Gasteiger partial charge in [0.25, 0.3) is 11.8 Å². The van der Waals surface area contributed by atoms with E-state index in [1.54, 1.807) is 40.3 Å². The average Bonchev–Trinajstić information content (AvgIpc) is 3.54. The molecule has 7 heteroatoms. The van der Waals surface area contributed by atoms with E-state index in [-0.39, 0.29) is 28.4 Å². The molecule has 0 radical (unpaired) electrons. The van der Waals surface area contributed by atoms with E-state index >= 15 is 0 Å². The van der Waals surface area contributed by atoms with Crippen molar-refractivity contribution in [1.82, 2.24) is 14.8 Å². The number of carbonyl (C=O) groups is 2. The maximum absolute atomic E-state index is 13.8. The van der Waals surface area contributed by atoms with Gasteiger partial charge >= 0.3 is 0 Å². The lowest BCUT2D eigenvalue weighted by Gasteiger charge is -2.41. The first kappa shape index (κ1) is 17.9. The zero-order valence-electron chi connectivity index (χ0n) is 14.6. The summed E-state index contributed by atoms with van der Waals surface area (Å²) in [5.74, 6) is -0.557. The number of nitrogens with zero attached hydrogens (tertiary/aromatic N) is 3. The molecule has 1 saturated heterocycles. The van der Waals surface area contributed by atoms with E-state index in [0.29, 0.717) is 31.2 Å². The van der Waals surface area contributed by atoms with Crippen LogP contribution in [0.2, 0.25) is 5.02 Å². The lowest BCUT2D eigenvalue weighted by molar-refractivity contribution is 0.0345. The van der Waals surface area contributed by atoms with Crippen LogP contribution < -0.4 is 0 Å². The molecular weight excluding hydrogens is 369 g/mol. The van der Waals surface area contributed by atoms with Gasteiger partial charge in [-0.1, -0.05) is 17.7 Å². The summed E-state index contributed by atoms with van der Waals surface area (Å²) in [6, 6.07) is 9.32. The summed E-state index contributed by atoms with van der Waals surface area (Å²) in [6.45, 7) is 1.32. The van der Waals surface area contributed by atoms with Gasteiger partial charge in [0.15, 0.2) is 0 Å². The number of hydrogen-bond donors (Lipinski definition) is 0. The summed E-state index contributed by atoms with van der Waals surface area (Å²) < 4.78 is 13.8. The van der Waals surface area contributed by atoms with Gasteiger partial charge in [0.2, 0.25) is 0 Å². The Hall–Kier alpha value is -2.47. The Morgan fingerprint density at radius 2 is 1.93 bits per heavy atom. The number of piperazine rings is 1. The van der Waals surface area contributed by atoms with E-state index in [4.69, 9.17) is 11.6 Å². The van der Waals surface area contributed by atoms with Crippen molar-refractivity contribution in [2.45, 2.75) is 18.9 Å². The number of aromatic nitrogens is 1. The Labute approximate surface area is 161 Å². The van der Waals surface area contributed by atoms with Crippen LogP contribution in [0.5, 0.6) is 0 Å². The summed E-state index contributed by atoms with van der Waals surface area (Å²) in [5.41, 5.74) is 0.693. The van der Waals surface area contributed by atoms with Gasteiger partial charge in [-0.15, -0.1) is 0 Å². The molecule has 2 aromatic rings. The Morgan fingerprint density at radius 3 is 2.59 bits per heavy atom. The predicted octanol–water partition coefficient (Wildman–Crippen LogP) is 3.25. The van der Waals surface area contributed by atoms with Crippen molar-refractivity contribution >= 4 is 23.4 Å². The molecule has 27 heavy (non-hydrogen) atoms. The first-order valence-electron chi connectivity index (χ1n) is 9.01. The van der Waals surface area contributed by atoms with Crippen LogP contribution >= 0.6 is 11.6 Å². The number of carbonyl (C=O) groups excluding carboxylic acids is 2. The van der Waals surface area contributed by atoms with Gasteiger partial charge in [-0.25, -0.2) is 4.39 Å². The summed E-state index contributed by atoms with van der Waals surface area (Å²) in [4.78, 5) is 33.3. The van der Waals surface area contributed by atoms with E-state index < -0.39 is 5.82 Å². The molecule has 1 saturated carbocycles. The molecule has 0 bridgehead atoms. The Kier molecular flexibility index (Phi) is 4.83. The number of amides is 2. The summed E-state index contributed by atoms with van der Waals surface area (Å²) in [7, 11) is 0. The third-order valence-corrected chi connectivity index (χ3v) is 5.49. The van der Waals surface area contributed by atoms with Gasteiger partial charge in [0.1, 0.15) is 11.5 Å². The average molecular weight is 388 g/mol. The number of halogens is 2. The predicted molar refractivity (Wildman–Crippen MR) is 99.1 cm³/mol. The van der Waals surface area contributed by atoms with Crippen LogP contribution in [-0.4, -0.2) is 52.3 Å². The van der Waals surface area contributed by atoms with Crippen molar-refractivity contribution in [2.24, 2.45) is 5.92 Å². The zero-order chi connectivity index (χ0) is 19.0. The van der Waals surface area contributed by atoms with Crippen molar-refractivity contribution in [3.05, 3.63) is 64.7 Å². The maximum Gasteiger partial charge on any atom is 0.272 e. The topological polar surface area (TPSA) is 53.5 Å². The first-order chi connectivity index (χ1) is 13.0. The molecule has 0 spiro atoms. The minimum atomic E-state index is -0.602. The van der Waals surface area contributed by atoms with Crippen molar-refractivity contribution in [3.63, 3.8) is 0 Å². The van der Waals surface area contributed by atoms with Crippen molar-refractivity contribution in [3.8, 4) is 0 Å². The Bertz CT molecular complexity index is 873. The fourth-order valence-electron chi connectivity index (χ4n) is 3.58. The number of hydrogen-bond acceptors (Lipinski definition) is 3. The van der Waals surface area contributed by atoms with Gasteiger partial charge < -0.3 is 9.80 Å². The zero-order valence-corrected chi connectivity index (χ0v) is 15.4. The molecular formula is C20H19ClFN3O2. The van der Waals surface area contributed by atoms with Crippen LogP contribution in [0.3, 0.4) is 0 Å². The normalized spacial score (nSPS) is 19.9. The van der Waals surface area contributed by atoms with E-state index in [9.17, 15) is 14.0 Å². The molecule has 2 aliphatic rings. The van der Waals surface area contributed by atoms with Gasteiger partial charge in [0.05, 0.1) is 11.1 Å². The smallest absolute Gasteiger partial charge is 0.272 e. The highest BCUT2D eigenvalue weighted by Gasteiger charge is 2.42. The maximum atomic E-state index is 13.8. The number of benzene rings is 1. The van der Waals surface area contributed by atoms with Gasteiger partial charge in [-0.2, -0.15) is 0 Å². The number of rotatable bonds is 3. The lowest BCUT2D eigenvalue weighted by Crippen LogP contribution is -2.57. The highest BCUT2D eigenvalue weighted by molar-refractivity contribution is 6.30. The van der Waals surface area contributed by atoms with Gasteiger partial charge in [-0.3, -0.25) is 14.6 Å². The van der Waals surface area contributed by atoms with Crippen LogP contribution in [0.25, 0.3) is 0 Å². The summed E-state index contributed by atoms with van der Waals surface area (Å²) in [6.07, 6.45) is 3.67. The van der Waals surface area contributed by atoms with Crippen molar-refractivity contribution < 1.29 is 14.0 Å². The minimum Gasteiger partial charge on any atom is -0.333 e. The Balaban J connectivity index is 1.53. The standard InChI is InChI=1S/C20H19ClFN3O2/c21-15-7-6-14(11-16(15)22)19(26)25-10-9-24(12-18(25)13-4-5-13)20(27)17-3-1-2-8-23-17/h1-3,6-8,11,13,18H,4-5,9-10,12H2. The third-order valence-electron chi connectivity index (χ3n) is 5.18. The highest BCUT2D eigenvalue weighted by Crippen LogP contribution is 2.37. The second-order valence-corrected chi connectivity index (χ2v) is 7.41. The van der Waals surface area contributed by atoms with E-state index in [0.717, 1.165) is 12.8 Å². The van der Waals surface area contributed by atoms with Crippen molar-refractivity contribution in [1.29, 1.82) is 0 Å². The molecule has 1 aliphatic heterocycles. The first-order valence-corrected chi connectivity index (χ1v) is 9.38. The molecule has 1 aromatic carbocycles. The van der Waals surface area contributed by atoms with Crippen LogP contribution in [0.1, 0.15) is 33.7 Å². The van der Waals surface area contributed by atoms with Crippen LogP contribution in [0.15, 0.2) is 42.6 Å². The highest BCUT2D eigenvalue weighted by atomic mass is 35.5. The number of pyridine rings is 1.